The van der Waals surface area contributed by atoms with E-state index in [4.69, 9.17) is 5.11 Å². The van der Waals surface area contributed by atoms with Gasteiger partial charge in [-0.1, -0.05) is 32.1 Å². The Hall–Kier alpha value is -1.85. The molecule has 0 bridgehead atoms. The summed E-state index contributed by atoms with van der Waals surface area (Å²) in [6, 6.07) is -0.0929. The Balaban J connectivity index is 1.99. The lowest BCUT2D eigenvalue weighted by Crippen LogP contribution is -2.37. The van der Waals surface area contributed by atoms with E-state index in [-0.39, 0.29) is 23.9 Å². The maximum Gasteiger partial charge on any atom is 0.303 e. The highest BCUT2D eigenvalue weighted by molar-refractivity contribution is 5.93. The minimum Gasteiger partial charge on any atom is -0.481 e. The van der Waals surface area contributed by atoms with Crippen molar-refractivity contribution < 1.29 is 14.7 Å². The van der Waals surface area contributed by atoms with E-state index in [0.29, 0.717) is 17.9 Å². The third-order valence-corrected chi connectivity index (χ3v) is 4.92. The van der Waals surface area contributed by atoms with Gasteiger partial charge in [-0.05, 0) is 39.5 Å². The number of carbonyl (C=O) groups excluding carboxylic acids is 1. The molecular formula is C19H31N3O3. The molecule has 1 saturated carbocycles. The molecule has 2 N–H and O–H groups in total. The quantitative estimate of drug-likeness (QED) is 0.788. The fraction of sp³-hybridized carbons (Fsp3) is 0.737. The zero-order valence-corrected chi connectivity index (χ0v) is 15.6. The molecule has 6 heteroatoms. The fourth-order valence-corrected chi connectivity index (χ4v) is 3.45. The van der Waals surface area contributed by atoms with E-state index < -0.39 is 5.97 Å². The van der Waals surface area contributed by atoms with E-state index in [1.165, 1.54) is 32.1 Å². The molecule has 25 heavy (non-hydrogen) atoms. The molecule has 0 aliphatic heterocycles. The number of nitrogens with zero attached hydrogens (tertiary/aromatic N) is 2. The first kappa shape index (κ1) is 19.5. The van der Waals surface area contributed by atoms with Crippen LogP contribution in [-0.4, -0.2) is 32.8 Å². The Morgan fingerprint density at radius 3 is 2.56 bits per heavy atom. The van der Waals surface area contributed by atoms with Crippen LogP contribution in [0.2, 0.25) is 0 Å². The number of hydrogen-bond acceptors (Lipinski definition) is 3. The minimum absolute atomic E-state index is 0.0823. The van der Waals surface area contributed by atoms with Crippen molar-refractivity contribution >= 4 is 11.9 Å². The number of carbonyl (C=O) groups is 2. The summed E-state index contributed by atoms with van der Waals surface area (Å²) >= 11 is 0. The molecule has 1 aliphatic rings. The zero-order valence-electron chi connectivity index (χ0n) is 15.6. The van der Waals surface area contributed by atoms with E-state index in [2.05, 4.69) is 10.4 Å². The summed E-state index contributed by atoms with van der Waals surface area (Å²) in [7, 11) is 0. The Morgan fingerprint density at radius 2 is 2.00 bits per heavy atom. The maximum absolute atomic E-state index is 12.6. The van der Waals surface area contributed by atoms with Crippen LogP contribution in [0.25, 0.3) is 0 Å². The Bertz CT molecular complexity index is 583. The SMILES string of the molecule is CC(C)(C)n1cc(C(=O)NC(CCC(=O)O)CC2CCCCC2)cn1. The van der Waals surface area contributed by atoms with Gasteiger partial charge in [0.2, 0.25) is 0 Å². The van der Waals surface area contributed by atoms with Crippen LogP contribution in [-0.2, 0) is 10.3 Å². The highest BCUT2D eigenvalue weighted by atomic mass is 16.4. The van der Waals surface area contributed by atoms with Gasteiger partial charge in [-0.2, -0.15) is 5.10 Å². The summed E-state index contributed by atoms with van der Waals surface area (Å²) in [5.41, 5.74) is 0.350. The molecule has 6 nitrogen and oxygen atoms in total. The number of rotatable bonds is 7. The molecule has 1 aromatic heterocycles. The number of hydrogen-bond donors (Lipinski definition) is 2. The van der Waals surface area contributed by atoms with E-state index in [1.54, 1.807) is 17.1 Å². The number of aliphatic carboxylic acids is 1. The normalized spacial score (nSPS) is 17.2. The second-order valence-corrected chi connectivity index (χ2v) is 8.19. The summed E-state index contributed by atoms with van der Waals surface area (Å²) in [4.78, 5) is 23.5. The van der Waals surface area contributed by atoms with Crippen molar-refractivity contribution in [3.05, 3.63) is 18.0 Å². The third-order valence-electron chi connectivity index (χ3n) is 4.92. The van der Waals surface area contributed by atoms with Crippen LogP contribution in [0.1, 0.15) is 82.5 Å². The van der Waals surface area contributed by atoms with Gasteiger partial charge < -0.3 is 10.4 Å². The van der Waals surface area contributed by atoms with Crippen molar-refractivity contribution in [1.29, 1.82) is 0 Å². The van der Waals surface area contributed by atoms with E-state index >= 15 is 0 Å². The topological polar surface area (TPSA) is 84.2 Å². The van der Waals surface area contributed by atoms with Gasteiger partial charge in [0.15, 0.2) is 0 Å². The first-order chi connectivity index (χ1) is 11.8. The molecule has 0 spiro atoms. The van der Waals surface area contributed by atoms with Crippen molar-refractivity contribution in [2.45, 2.75) is 83.7 Å². The van der Waals surface area contributed by atoms with Crippen molar-refractivity contribution in [3.63, 3.8) is 0 Å². The predicted octanol–water partition coefficient (Wildman–Crippen LogP) is 3.57. The lowest BCUT2D eigenvalue weighted by Gasteiger charge is -2.27. The average molecular weight is 349 g/mol. The number of aromatic nitrogens is 2. The van der Waals surface area contributed by atoms with Crippen LogP contribution in [0.15, 0.2) is 12.4 Å². The van der Waals surface area contributed by atoms with Crippen molar-refractivity contribution in [1.82, 2.24) is 15.1 Å². The smallest absolute Gasteiger partial charge is 0.303 e. The first-order valence-corrected chi connectivity index (χ1v) is 9.33. The Labute approximate surface area is 150 Å². The number of amides is 1. The second kappa shape index (κ2) is 8.50. The molecule has 1 aliphatic carbocycles. The highest BCUT2D eigenvalue weighted by Gasteiger charge is 2.23. The van der Waals surface area contributed by atoms with E-state index in [9.17, 15) is 9.59 Å². The van der Waals surface area contributed by atoms with Gasteiger partial charge in [0.1, 0.15) is 0 Å². The molecule has 1 fully saturated rings. The number of carboxylic acid groups (broad SMARTS) is 1. The average Bonchev–Trinajstić information content (AvgIpc) is 3.04. The van der Waals surface area contributed by atoms with Gasteiger partial charge in [0, 0.05) is 18.7 Å². The Kier molecular flexibility index (Phi) is 6.62. The van der Waals surface area contributed by atoms with Gasteiger partial charge in [-0.15, -0.1) is 0 Å². The van der Waals surface area contributed by atoms with Gasteiger partial charge in [-0.25, -0.2) is 0 Å². The molecule has 1 unspecified atom stereocenters. The van der Waals surface area contributed by atoms with E-state index in [0.717, 1.165) is 6.42 Å². The maximum atomic E-state index is 12.6. The predicted molar refractivity (Wildman–Crippen MR) is 96.5 cm³/mol. The van der Waals surface area contributed by atoms with Gasteiger partial charge in [0.05, 0.1) is 17.3 Å². The zero-order chi connectivity index (χ0) is 18.4. The summed E-state index contributed by atoms with van der Waals surface area (Å²) < 4.78 is 1.77. The molecule has 0 saturated heterocycles. The number of carboxylic acids is 1. The van der Waals surface area contributed by atoms with Crippen LogP contribution in [0.4, 0.5) is 0 Å². The molecule has 1 amide bonds. The monoisotopic (exact) mass is 349 g/mol. The molecular weight excluding hydrogens is 318 g/mol. The molecule has 140 valence electrons. The molecule has 1 atom stereocenters. The molecule has 0 radical (unpaired) electrons. The second-order valence-electron chi connectivity index (χ2n) is 8.19. The molecule has 2 rings (SSSR count). The standard InChI is InChI=1S/C19H31N3O3/c1-19(2,3)22-13-15(12-20-22)18(25)21-16(9-10-17(23)24)11-14-7-5-4-6-8-14/h12-14,16H,4-11H2,1-3H3,(H,21,25)(H,23,24). The summed E-state index contributed by atoms with van der Waals surface area (Å²) in [5.74, 6) is -0.393. The van der Waals surface area contributed by atoms with E-state index in [1.807, 2.05) is 20.8 Å². The van der Waals surface area contributed by atoms with Crippen LogP contribution in [0, 0.1) is 5.92 Å². The van der Waals surface area contributed by atoms with Crippen LogP contribution in [0.3, 0.4) is 0 Å². The van der Waals surface area contributed by atoms with Crippen LogP contribution >= 0.6 is 0 Å². The van der Waals surface area contributed by atoms with Crippen molar-refractivity contribution in [2.24, 2.45) is 5.92 Å². The summed E-state index contributed by atoms with van der Waals surface area (Å²) in [5, 5.41) is 16.3. The van der Waals surface area contributed by atoms with Gasteiger partial charge >= 0.3 is 5.97 Å². The lowest BCUT2D eigenvalue weighted by atomic mass is 9.84. The Morgan fingerprint density at radius 1 is 1.32 bits per heavy atom. The van der Waals surface area contributed by atoms with Crippen molar-refractivity contribution in [2.75, 3.05) is 0 Å². The van der Waals surface area contributed by atoms with Gasteiger partial charge in [-0.3, -0.25) is 14.3 Å². The largest absolute Gasteiger partial charge is 0.481 e. The summed E-state index contributed by atoms with van der Waals surface area (Å²) in [6.45, 7) is 6.08. The third kappa shape index (κ3) is 6.18. The lowest BCUT2D eigenvalue weighted by molar-refractivity contribution is -0.137. The number of nitrogens with one attached hydrogen (secondary N) is 1. The van der Waals surface area contributed by atoms with Crippen LogP contribution in [0.5, 0.6) is 0 Å². The molecule has 1 aromatic rings. The van der Waals surface area contributed by atoms with Crippen LogP contribution < -0.4 is 5.32 Å². The first-order valence-electron chi connectivity index (χ1n) is 9.33. The van der Waals surface area contributed by atoms with Crippen molar-refractivity contribution in [3.8, 4) is 0 Å². The fourth-order valence-electron chi connectivity index (χ4n) is 3.45. The summed E-state index contributed by atoms with van der Waals surface area (Å²) in [6.07, 6.45) is 10.9. The molecule has 1 heterocycles. The molecule has 0 aromatic carbocycles. The highest BCUT2D eigenvalue weighted by Crippen LogP contribution is 2.28. The van der Waals surface area contributed by atoms with Gasteiger partial charge in [0.25, 0.3) is 5.91 Å². The minimum atomic E-state index is -0.816.